The SMILES string of the molecule is O=C(O)CC(c1ccc(Cl)c(Cl)c1)N(Cc1ccc(CP(=O)(O)O)cc1)CC1CCCCC1. The summed E-state index contributed by atoms with van der Waals surface area (Å²) in [5.41, 5.74) is 2.33. The Morgan fingerprint density at radius 1 is 1.00 bits per heavy atom. The number of halogens is 2. The fraction of sp³-hybridized carbons (Fsp3) is 0.458. The van der Waals surface area contributed by atoms with Crippen LogP contribution in [0.1, 0.15) is 61.3 Å². The second kappa shape index (κ2) is 11.8. The van der Waals surface area contributed by atoms with Crippen LogP contribution in [0, 0.1) is 5.92 Å². The summed E-state index contributed by atoms with van der Waals surface area (Å²) in [4.78, 5) is 32.4. The minimum absolute atomic E-state index is 0.0685. The molecule has 1 aliphatic rings. The van der Waals surface area contributed by atoms with E-state index in [-0.39, 0.29) is 18.6 Å². The average molecular weight is 514 g/mol. The third-order valence-electron chi connectivity index (χ3n) is 6.15. The highest BCUT2D eigenvalue weighted by Gasteiger charge is 2.27. The van der Waals surface area contributed by atoms with Crippen LogP contribution in [0.15, 0.2) is 42.5 Å². The van der Waals surface area contributed by atoms with Crippen molar-refractivity contribution >= 4 is 36.8 Å². The molecule has 0 spiro atoms. The standard InChI is InChI=1S/C24H30Cl2NO5P/c25-21-11-10-20(12-22(21)26)23(13-24(28)29)27(14-17-4-2-1-3-5-17)15-18-6-8-19(9-7-18)16-33(30,31)32/h6-12,17,23H,1-5,13-16H2,(H,28,29)(H2,30,31,32). The molecule has 180 valence electrons. The van der Waals surface area contributed by atoms with Gasteiger partial charge in [-0.05, 0) is 47.6 Å². The molecule has 0 bridgehead atoms. The van der Waals surface area contributed by atoms with Crippen molar-refractivity contribution in [3.8, 4) is 0 Å². The Bertz CT molecular complexity index is 989. The van der Waals surface area contributed by atoms with Gasteiger partial charge in [-0.15, -0.1) is 0 Å². The van der Waals surface area contributed by atoms with E-state index in [9.17, 15) is 24.3 Å². The van der Waals surface area contributed by atoms with Gasteiger partial charge in [0.1, 0.15) is 0 Å². The molecule has 1 aliphatic carbocycles. The van der Waals surface area contributed by atoms with Crippen molar-refractivity contribution in [2.45, 2.75) is 57.3 Å². The monoisotopic (exact) mass is 513 g/mol. The second-order valence-corrected chi connectivity index (χ2v) is 11.3. The maximum atomic E-state index is 11.8. The molecule has 2 aromatic carbocycles. The molecule has 0 amide bonds. The highest BCUT2D eigenvalue weighted by molar-refractivity contribution is 7.50. The van der Waals surface area contributed by atoms with Gasteiger partial charge in [0.05, 0.1) is 22.6 Å². The van der Waals surface area contributed by atoms with Crippen molar-refractivity contribution in [3.05, 3.63) is 69.2 Å². The van der Waals surface area contributed by atoms with Crippen molar-refractivity contribution in [1.82, 2.24) is 4.90 Å². The van der Waals surface area contributed by atoms with Crippen LogP contribution in [-0.4, -0.2) is 32.3 Å². The Labute approximate surface area is 204 Å². The van der Waals surface area contributed by atoms with Gasteiger partial charge in [0.15, 0.2) is 0 Å². The average Bonchev–Trinajstić information content (AvgIpc) is 2.74. The molecular weight excluding hydrogens is 484 g/mol. The maximum absolute atomic E-state index is 11.8. The number of hydrogen-bond donors (Lipinski definition) is 3. The summed E-state index contributed by atoms with van der Waals surface area (Å²) in [5.74, 6) is -0.400. The van der Waals surface area contributed by atoms with Crippen LogP contribution in [0.3, 0.4) is 0 Å². The Hall–Kier alpha value is -1.40. The lowest BCUT2D eigenvalue weighted by Gasteiger charge is -2.35. The number of rotatable bonds is 10. The molecule has 0 aliphatic heterocycles. The van der Waals surface area contributed by atoms with E-state index >= 15 is 0 Å². The molecule has 1 atom stereocenters. The number of carboxylic acids is 1. The molecule has 1 saturated carbocycles. The van der Waals surface area contributed by atoms with Crippen LogP contribution in [0.25, 0.3) is 0 Å². The third kappa shape index (κ3) is 8.40. The summed E-state index contributed by atoms with van der Waals surface area (Å²) in [7, 11) is -4.13. The number of carbonyl (C=O) groups is 1. The molecule has 0 aromatic heterocycles. The predicted octanol–water partition coefficient (Wildman–Crippen LogP) is 6.27. The van der Waals surface area contributed by atoms with E-state index in [0.717, 1.165) is 30.5 Å². The summed E-state index contributed by atoms with van der Waals surface area (Å²) < 4.78 is 11.3. The first-order chi connectivity index (χ1) is 15.6. The van der Waals surface area contributed by atoms with E-state index in [2.05, 4.69) is 4.90 Å². The van der Waals surface area contributed by atoms with Crippen LogP contribution < -0.4 is 0 Å². The van der Waals surface area contributed by atoms with Gasteiger partial charge in [-0.3, -0.25) is 14.3 Å². The number of carboxylic acid groups (broad SMARTS) is 1. The zero-order chi connectivity index (χ0) is 24.0. The van der Waals surface area contributed by atoms with Crippen LogP contribution in [0.4, 0.5) is 0 Å². The lowest BCUT2D eigenvalue weighted by molar-refractivity contribution is -0.138. The number of benzene rings is 2. The maximum Gasteiger partial charge on any atom is 0.329 e. The summed E-state index contributed by atoms with van der Waals surface area (Å²) in [5, 5.41) is 10.5. The summed E-state index contributed by atoms with van der Waals surface area (Å²) >= 11 is 12.4. The molecule has 0 heterocycles. The third-order valence-corrected chi connectivity index (χ3v) is 7.67. The lowest BCUT2D eigenvalue weighted by atomic mass is 9.88. The molecule has 2 aromatic rings. The van der Waals surface area contributed by atoms with Crippen LogP contribution in [0.2, 0.25) is 10.0 Å². The van der Waals surface area contributed by atoms with Gasteiger partial charge < -0.3 is 14.9 Å². The van der Waals surface area contributed by atoms with Gasteiger partial charge in [0, 0.05) is 19.1 Å². The first-order valence-electron chi connectivity index (χ1n) is 11.1. The van der Waals surface area contributed by atoms with Crippen molar-refractivity contribution in [2.24, 2.45) is 5.92 Å². The van der Waals surface area contributed by atoms with Gasteiger partial charge >= 0.3 is 13.6 Å². The topological polar surface area (TPSA) is 98.1 Å². The predicted molar refractivity (Wildman–Crippen MR) is 131 cm³/mol. The van der Waals surface area contributed by atoms with E-state index in [1.165, 1.54) is 19.3 Å². The molecule has 0 saturated heterocycles. The highest BCUT2D eigenvalue weighted by Crippen LogP contribution is 2.39. The van der Waals surface area contributed by atoms with Crippen LogP contribution in [-0.2, 0) is 22.1 Å². The van der Waals surface area contributed by atoms with E-state index in [1.54, 1.807) is 24.3 Å². The van der Waals surface area contributed by atoms with Gasteiger partial charge in [0.25, 0.3) is 0 Å². The van der Waals surface area contributed by atoms with Crippen molar-refractivity contribution < 1.29 is 24.3 Å². The Balaban J connectivity index is 1.89. The molecule has 3 rings (SSSR count). The van der Waals surface area contributed by atoms with Crippen molar-refractivity contribution in [1.29, 1.82) is 0 Å². The fourth-order valence-electron chi connectivity index (χ4n) is 4.57. The number of hydrogen-bond acceptors (Lipinski definition) is 3. The molecular formula is C24H30Cl2NO5P. The molecule has 0 radical (unpaired) electrons. The quantitative estimate of drug-likeness (QED) is 0.324. The highest BCUT2D eigenvalue weighted by atomic mass is 35.5. The molecule has 1 fully saturated rings. The van der Waals surface area contributed by atoms with E-state index in [4.69, 9.17) is 23.2 Å². The fourth-order valence-corrected chi connectivity index (χ4v) is 5.56. The van der Waals surface area contributed by atoms with E-state index in [0.29, 0.717) is 28.1 Å². The zero-order valence-corrected chi connectivity index (χ0v) is 20.8. The second-order valence-electron chi connectivity index (χ2n) is 8.86. The van der Waals surface area contributed by atoms with Crippen molar-refractivity contribution in [2.75, 3.05) is 6.54 Å². The lowest BCUT2D eigenvalue weighted by Crippen LogP contribution is -2.35. The number of aliphatic carboxylic acids is 1. The first kappa shape index (κ1) is 26.2. The Morgan fingerprint density at radius 3 is 2.21 bits per heavy atom. The molecule has 33 heavy (non-hydrogen) atoms. The molecule has 3 N–H and O–H groups in total. The summed E-state index contributed by atoms with van der Waals surface area (Å²) in [6.07, 6.45) is 5.49. The molecule has 1 unspecified atom stereocenters. The van der Waals surface area contributed by atoms with Crippen molar-refractivity contribution in [3.63, 3.8) is 0 Å². The summed E-state index contributed by atoms with van der Waals surface area (Å²) in [6, 6.07) is 12.0. The van der Waals surface area contributed by atoms with E-state index in [1.807, 2.05) is 18.2 Å². The van der Waals surface area contributed by atoms with Gasteiger partial charge in [-0.25, -0.2) is 0 Å². The minimum Gasteiger partial charge on any atom is -0.481 e. The minimum atomic E-state index is -4.13. The van der Waals surface area contributed by atoms with Crippen LogP contribution in [0.5, 0.6) is 0 Å². The molecule has 9 heteroatoms. The van der Waals surface area contributed by atoms with Gasteiger partial charge in [-0.2, -0.15) is 0 Å². The normalized spacial score (nSPS) is 16.2. The zero-order valence-electron chi connectivity index (χ0n) is 18.4. The smallest absolute Gasteiger partial charge is 0.329 e. The van der Waals surface area contributed by atoms with Gasteiger partial charge in [0.2, 0.25) is 0 Å². The largest absolute Gasteiger partial charge is 0.481 e. The number of nitrogens with zero attached hydrogens (tertiary/aromatic N) is 1. The summed E-state index contributed by atoms with van der Waals surface area (Å²) in [6.45, 7) is 1.29. The molecule has 6 nitrogen and oxygen atoms in total. The van der Waals surface area contributed by atoms with Crippen LogP contribution >= 0.6 is 30.8 Å². The van der Waals surface area contributed by atoms with E-state index < -0.39 is 13.6 Å². The van der Waals surface area contributed by atoms with Gasteiger partial charge in [-0.1, -0.05) is 72.8 Å². The Morgan fingerprint density at radius 2 is 1.64 bits per heavy atom. The first-order valence-corrected chi connectivity index (χ1v) is 13.7. The Kier molecular flexibility index (Phi) is 9.40.